The molecule has 0 amide bonds. The lowest BCUT2D eigenvalue weighted by Crippen LogP contribution is -2.33. The number of hydrogen-bond donors (Lipinski definition) is 0. The van der Waals surface area contributed by atoms with E-state index >= 15 is 0 Å². The Labute approximate surface area is 276 Å². The second-order valence-electron chi connectivity index (χ2n) is 12.1. The van der Waals surface area contributed by atoms with E-state index in [0.717, 1.165) is 66.6 Å². The number of carbonyl (C=O) groups excluding carboxylic acids is 1. The monoisotopic (exact) mass is 637 g/mol. The summed E-state index contributed by atoms with van der Waals surface area (Å²) in [6, 6.07) is 37.0. The number of hydrogen-bond acceptors (Lipinski definition) is 4. The van der Waals surface area contributed by atoms with Gasteiger partial charge in [0.25, 0.3) is 10.0 Å². The van der Waals surface area contributed by atoms with Crippen molar-refractivity contribution in [3.8, 4) is 39.1 Å². The first kappa shape index (κ1) is 30.5. The molecule has 0 atom stereocenters. The lowest BCUT2D eigenvalue weighted by molar-refractivity contribution is 0.101. The quantitative estimate of drug-likeness (QED) is 0.164. The molecule has 6 heteroatoms. The topological polar surface area (TPSA) is 63.7 Å². The van der Waals surface area contributed by atoms with Crippen molar-refractivity contribution in [2.24, 2.45) is 0 Å². The van der Waals surface area contributed by atoms with E-state index in [1.807, 2.05) is 92.7 Å². The molecule has 7 rings (SSSR count). The zero-order valence-electron chi connectivity index (χ0n) is 26.9. The lowest BCUT2D eigenvalue weighted by atomic mass is 9.79. The van der Waals surface area contributed by atoms with Crippen molar-refractivity contribution >= 4 is 32.3 Å². The summed E-state index contributed by atoms with van der Waals surface area (Å²) in [5.41, 5.74) is 9.90. The molecular weight excluding hydrogens is 603 g/mol. The number of Topliss-reactive ketones (excluding diaryl/α,β-unsaturated/α-hetero) is 1. The van der Waals surface area contributed by atoms with Crippen LogP contribution in [0.1, 0.15) is 40.9 Å². The number of sulfonamides is 1. The van der Waals surface area contributed by atoms with E-state index in [1.165, 1.54) is 0 Å². The van der Waals surface area contributed by atoms with Gasteiger partial charge in [-0.25, -0.2) is 8.42 Å². The van der Waals surface area contributed by atoms with E-state index in [0.29, 0.717) is 17.9 Å². The van der Waals surface area contributed by atoms with Crippen molar-refractivity contribution in [3.05, 3.63) is 138 Å². The molecule has 0 spiro atoms. The van der Waals surface area contributed by atoms with Gasteiger partial charge < -0.3 is 4.74 Å². The Bertz CT molecular complexity index is 2270. The molecule has 0 saturated carbocycles. The van der Waals surface area contributed by atoms with E-state index in [4.69, 9.17) is 4.74 Å². The SMILES string of the molecule is CCOc1ccc(-c2c3c(c(-c4ccc(C)cc4)c4ccc(C(C)=O)cc24)CN(S(=O)(=O)c2ccc(C)cc2)c2ccccc2-3)cc1. The van der Waals surface area contributed by atoms with Gasteiger partial charge >= 0.3 is 0 Å². The molecule has 0 aromatic heterocycles. The maximum Gasteiger partial charge on any atom is 0.264 e. The van der Waals surface area contributed by atoms with Crippen LogP contribution in [-0.4, -0.2) is 20.8 Å². The van der Waals surface area contributed by atoms with Gasteiger partial charge in [0, 0.05) is 11.1 Å². The van der Waals surface area contributed by atoms with Crippen molar-refractivity contribution in [1.82, 2.24) is 0 Å². The summed E-state index contributed by atoms with van der Waals surface area (Å²) >= 11 is 0. The number of ketones is 1. The highest BCUT2D eigenvalue weighted by Gasteiger charge is 2.36. The highest BCUT2D eigenvalue weighted by atomic mass is 32.2. The second-order valence-corrected chi connectivity index (χ2v) is 13.9. The molecular formula is C41H35NO4S. The summed E-state index contributed by atoms with van der Waals surface area (Å²) in [4.78, 5) is 13.0. The third-order valence-corrected chi connectivity index (χ3v) is 10.7. The van der Waals surface area contributed by atoms with Gasteiger partial charge in [-0.2, -0.15) is 0 Å². The summed E-state index contributed by atoms with van der Waals surface area (Å²) in [5, 5.41) is 1.88. The first-order chi connectivity index (χ1) is 22.7. The molecule has 0 N–H and O–H groups in total. The normalized spacial score (nSPS) is 12.5. The van der Waals surface area contributed by atoms with Crippen LogP contribution in [0.15, 0.2) is 120 Å². The van der Waals surface area contributed by atoms with Crippen molar-refractivity contribution in [2.75, 3.05) is 10.9 Å². The Morgan fingerprint density at radius 3 is 2.00 bits per heavy atom. The summed E-state index contributed by atoms with van der Waals surface area (Å²) in [6.45, 7) is 8.24. The molecule has 0 bridgehead atoms. The number of fused-ring (bicyclic) bond motifs is 4. The molecule has 234 valence electrons. The van der Waals surface area contributed by atoms with Crippen molar-refractivity contribution < 1.29 is 17.9 Å². The van der Waals surface area contributed by atoms with E-state index in [-0.39, 0.29) is 17.2 Å². The van der Waals surface area contributed by atoms with Crippen LogP contribution in [0, 0.1) is 13.8 Å². The van der Waals surface area contributed by atoms with Crippen LogP contribution in [0.2, 0.25) is 0 Å². The molecule has 0 aliphatic carbocycles. The molecule has 1 aliphatic rings. The van der Waals surface area contributed by atoms with Gasteiger partial charge in [0.05, 0.1) is 23.7 Å². The molecule has 47 heavy (non-hydrogen) atoms. The fourth-order valence-electron chi connectivity index (χ4n) is 6.63. The first-order valence-corrected chi connectivity index (χ1v) is 17.2. The van der Waals surface area contributed by atoms with Crippen molar-refractivity contribution in [1.29, 1.82) is 0 Å². The average Bonchev–Trinajstić information content (AvgIpc) is 3.08. The molecule has 0 saturated heterocycles. The van der Waals surface area contributed by atoms with Crippen LogP contribution in [0.5, 0.6) is 5.75 Å². The minimum Gasteiger partial charge on any atom is -0.494 e. The minimum atomic E-state index is -3.93. The van der Waals surface area contributed by atoms with Crippen molar-refractivity contribution in [3.63, 3.8) is 0 Å². The van der Waals surface area contributed by atoms with Crippen LogP contribution in [-0.2, 0) is 16.6 Å². The number of carbonyl (C=O) groups is 1. The first-order valence-electron chi connectivity index (χ1n) is 15.8. The second kappa shape index (κ2) is 11.9. The van der Waals surface area contributed by atoms with Gasteiger partial charge in [0.1, 0.15) is 5.75 Å². The minimum absolute atomic E-state index is 0.0186. The molecule has 6 aromatic carbocycles. The largest absolute Gasteiger partial charge is 0.494 e. The number of anilines is 1. The summed E-state index contributed by atoms with van der Waals surface area (Å²) in [5.74, 6) is 0.751. The summed E-state index contributed by atoms with van der Waals surface area (Å²) in [6.07, 6.45) is 0. The number of rotatable bonds is 7. The predicted octanol–water partition coefficient (Wildman–Crippen LogP) is 9.77. The zero-order valence-corrected chi connectivity index (χ0v) is 27.7. The van der Waals surface area contributed by atoms with Crippen molar-refractivity contribution in [2.45, 2.75) is 39.1 Å². The van der Waals surface area contributed by atoms with Gasteiger partial charge in [-0.05, 0) is 108 Å². The zero-order chi connectivity index (χ0) is 32.9. The van der Waals surface area contributed by atoms with Gasteiger partial charge in [-0.3, -0.25) is 9.10 Å². The average molecular weight is 638 g/mol. The van der Waals surface area contributed by atoms with E-state index in [9.17, 15) is 13.2 Å². The van der Waals surface area contributed by atoms with Crippen LogP contribution >= 0.6 is 0 Å². The molecule has 0 unspecified atom stereocenters. The van der Waals surface area contributed by atoms with Gasteiger partial charge in [0.15, 0.2) is 5.78 Å². The highest BCUT2D eigenvalue weighted by molar-refractivity contribution is 7.92. The van der Waals surface area contributed by atoms with Crippen LogP contribution in [0.25, 0.3) is 44.2 Å². The fourth-order valence-corrected chi connectivity index (χ4v) is 8.09. The third kappa shape index (κ3) is 5.29. The Kier molecular flexibility index (Phi) is 7.69. The molecule has 0 radical (unpaired) electrons. The highest BCUT2D eigenvalue weighted by Crippen LogP contribution is 2.53. The maximum atomic E-state index is 14.5. The summed E-state index contributed by atoms with van der Waals surface area (Å²) < 4.78 is 36.3. The smallest absolute Gasteiger partial charge is 0.264 e. The van der Waals surface area contributed by atoms with Gasteiger partial charge in [-0.1, -0.05) is 90.0 Å². The molecule has 5 nitrogen and oxygen atoms in total. The van der Waals surface area contributed by atoms with E-state index < -0.39 is 10.0 Å². The fraction of sp³-hybridized carbons (Fsp3) is 0.146. The molecule has 1 aliphatic heterocycles. The van der Waals surface area contributed by atoms with E-state index in [1.54, 1.807) is 23.4 Å². The Morgan fingerprint density at radius 2 is 1.34 bits per heavy atom. The number of para-hydroxylation sites is 1. The predicted molar refractivity (Wildman–Crippen MR) is 191 cm³/mol. The van der Waals surface area contributed by atoms with Crippen LogP contribution in [0.3, 0.4) is 0 Å². The standard InChI is InChI=1S/C41H35NO4S/c1-5-46-32-19-16-30(17-20-32)40-36-24-31(28(4)43)18-23-34(36)39(29-14-10-26(2)11-15-29)37-25-42(38-9-7-6-8-35(38)41(37)40)47(44,45)33-21-12-27(3)13-22-33/h6-24H,5,25H2,1-4H3. The maximum absolute atomic E-state index is 14.5. The number of ether oxygens (including phenoxy) is 1. The van der Waals surface area contributed by atoms with Gasteiger partial charge in [0.2, 0.25) is 0 Å². The third-order valence-electron chi connectivity index (χ3n) is 8.97. The number of aryl methyl sites for hydroxylation is 2. The van der Waals surface area contributed by atoms with Crippen LogP contribution < -0.4 is 9.04 Å². The van der Waals surface area contributed by atoms with E-state index in [2.05, 4.69) is 31.2 Å². The molecule has 0 fully saturated rings. The lowest BCUT2D eigenvalue weighted by Gasteiger charge is -2.35. The Hall–Kier alpha value is -5.20. The number of nitrogens with zero attached hydrogens (tertiary/aromatic N) is 1. The summed E-state index contributed by atoms with van der Waals surface area (Å²) in [7, 11) is -3.93. The van der Waals surface area contributed by atoms with Crippen LogP contribution in [0.4, 0.5) is 5.69 Å². The number of benzene rings is 6. The van der Waals surface area contributed by atoms with Gasteiger partial charge in [-0.15, -0.1) is 0 Å². The molecule has 1 heterocycles. The Morgan fingerprint density at radius 1 is 0.723 bits per heavy atom. The molecule has 6 aromatic rings. The Balaban J connectivity index is 1.62.